The van der Waals surface area contributed by atoms with Crippen molar-refractivity contribution in [3.63, 3.8) is 0 Å². The van der Waals surface area contributed by atoms with E-state index in [0.29, 0.717) is 22.7 Å². The fourth-order valence-corrected chi connectivity index (χ4v) is 3.39. The summed E-state index contributed by atoms with van der Waals surface area (Å²) in [7, 11) is 0. The fraction of sp³-hybridized carbons (Fsp3) is 0.111. The van der Waals surface area contributed by atoms with Gasteiger partial charge >= 0.3 is 0 Å². The van der Waals surface area contributed by atoms with Crippen molar-refractivity contribution in [3.8, 4) is 0 Å². The summed E-state index contributed by atoms with van der Waals surface area (Å²) in [6, 6.07) is 11.9. The Morgan fingerprint density at radius 3 is 2.69 bits per heavy atom. The maximum atomic E-state index is 13.0. The number of carbonyl (C=O) groups is 1. The number of nitrogens with one attached hydrogen (secondary N) is 1. The number of nitro benzene ring substituents is 1. The predicted octanol–water partition coefficient (Wildman–Crippen LogP) is 4.34. The first-order valence-electron chi connectivity index (χ1n) is 7.69. The summed E-state index contributed by atoms with van der Waals surface area (Å²) in [5, 5.41) is 14.2. The normalized spacial score (nSPS) is 10.5. The van der Waals surface area contributed by atoms with Gasteiger partial charge in [0.25, 0.3) is 11.6 Å². The van der Waals surface area contributed by atoms with Gasteiger partial charge in [-0.2, -0.15) is 0 Å². The van der Waals surface area contributed by atoms with Crippen molar-refractivity contribution in [1.29, 1.82) is 0 Å². The lowest BCUT2D eigenvalue weighted by atomic mass is 10.1. The van der Waals surface area contributed by atoms with Gasteiger partial charge in [0, 0.05) is 24.2 Å². The van der Waals surface area contributed by atoms with Crippen LogP contribution in [0.1, 0.15) is 25.9 Å². The van der Waals surface area contributed by atoms with E-state index in [2.05, 4.69) is 10.3 Å². The van der Waals surface area contributed by atoms with Gasteiger partial charge in [0.2, 0.25) is 0 Å². The molecule has 0 radical (unpaired) electrons. The maximum Gasteiger partial charge on any atom is 0.271 e. The highest BCUT2D eigenvalue weighted by atomic mass is 32.1. The average molecular weight is 371 g/mol. The number of thiazole rings is 1. The predicted molar refractivity (Wildman–Crippen MR) is 97.1 cm³/mol. The number of nitro groups is 1. The van der Waals surface area contributed by atoms with Crippen LogP contribution in [0.15, 0.2) is 48.5 Å². The lowest BCUT2D eigenvalue weighted by Crippen LogP contribution is -2.11. The Balaban J connectivity index is 1.75. The second-order valence-corrected chi connectivity index (χ2v) is 6.67. The molecule has 0 aliphatic heterocycles. The number of benzene rings is 2. The molecule has 2 aromatic carbocycles. The van der Waals surface area contributed by atoms with Crippen molar-refractivity contribution in [2.45, 2.75) is 13.3 Å². The summed E-state index contributed by atoms with van der Waals surface area (Å²) in [5.74, 6) is -0.674. The van der Waals surface area contributed by atoms with Gasteiger partial charge in [-0.25, -0.2) is 9.37 Å². The molecule has 0 spiro atoms. The number of hydrogen-bond donors (Lipinski definition) is 1. The zero-order chi connectivity index (χ0) is 18.7. The molecule has 3 aromatic rings. The Bertz CT molecular complexity index is 970. The Hall–Kier alpha value is -3.13. The third-order valence-corrected chi connectivity index (χ3v) is 4.79. The molecule has 8 heteroatoms. The zero-order valence-corrected chi connectivity index (χ0v) is 14.5. The molecule has 0 saturated carbocycles. The highest BCUT2D eigenvalue weighted by Gasteiger charge is 2.17. The number of nitrogens with zero attached hydrogens (tertiary/aromatic N) is 2. The summed E-state index contributed by atoms with van der Waals surface area (Å²) < 4.78 is 13.0. The number of carbonyl (C=O) groups excluding carboxylic acids is 1. The second-order valence-electron chi connectivity index (χ2n) is 5.59. The lowest BCUT2D eigenvalue weighted by molar-refractivity contribution is -0.384. The molecule has 1 aromatic heterocycles. The van der Waals surface area contributed by atoms with Crippen molar-refractivity contribution in [2.75, 3.05) is 5.32 Å². The number of aryl methyl sites for hydroxylation is 1. The third kappa shape index (κ3) is 4.09. The van der Waals surface area contributed by atoms with Gasteiger partial charge in [-0.3, -0.25) is 14.9 Å². The first-order valence-corrected chi connectivity index (χ1v) is 8.50. The standard InChI is InChI=1S/C18H14FN3O3S/c1-11-17(18(23)21-14-3-2-4-15(10-14)22(24)25)26-16(20-11)9-12-5-7-13(19)8-6-12/h2-8,10H,9H2,1H3,(H,21,23). The van der Waals surface area contributed by atoms with Gasteiger partial charge in [-0.1, -0.05) is 18.2 Å². The van der Waals surface area contributed by atoms with E-state index in [0.717, 1.165) is 10.6 Å². The Morgan fingerprint density at radius 2 is 2.00 bits per heavy atom. The average Bonchev–Trinajstić information content (AvgIpc) is 2.97. The van der Waals surface area contributed by atoms with Crippen LogP contribution < -0.4 is 5.32 Å². The van der Waals surface area contributed by atoms with Gasteiger partial charge in [0.05, 0.1) is 15.6 Å². The quantitative estimate of drug-likeness (QED) is 0.534. The molecule has 0 aliphatic rings. The van der Waals surface area contributed by atoms with E-state index in [9.17, 15) is 19.3 Å². The summed E-state index contributed by atoms with van der Waals surface area (Å²) in [6.45, 7) is 1.73. The minimum atomic E-state index is -0.519. The van der Waals surface area contributed by atoms with Gasteiger partial charge in [0.15, 0.2) is 0 Å². The van der Waals surface area contributed by atoms with Crippen LogP contribution in [0, 0.1) is 22.9 Å². The number of halogens is 1. The molecule has 132 valence electrons. The molecule has 0 saturated heterocycles. The smallest absolute Gasteiger partial charge is 0.271 e. The molecular formula is C18H14FN3O3S. The molecule has 0 aliphatic carbocycles. The Labute approximate surface area is 152 Å². The highest BCUT2D eigenvalue weighted by Crippen LogP contribution is 2.23. The Kier molecular flexibility index (Phi) is 5.04. The SMILES string of the molecule is Cc1nc(Cc2ccc(F)cc2)sc1C(=O)Nc1cccc([N+](=O)[O-])c1. The van der Waals surface area contributed by atoms with Crippen LogP contribution in [0.5, 0.6) is 0 Å². The summed E-state index contributed by atoms with van der Waals surface area (Å²) in [5.41, 5.74) is 1.72. The minimum absolute atomic E-state index is 0.0965. The molecule has 0 bridgehead atoms. The third-order valence-electron chi connectivity index (χ3n) is 3.63. The molecular weight excluding hydrogens is 357 g/mol. The van der Waals surface area contributed by atoms with Crippen molar-refractivity contribution in [1.82, 2.24) is 4.98 Å². The number of amides is 1. The maximum absolute atomic E-state index is 13.0. The van der Waals surface area contributed by atoms with Gasteiger partial charge < -0.3 is 5.32 Å². The van der Waals surface area contributed by atoms with Gasteiger partial charge in [0.1, 0.15) is 10.7 Å². The van der Waals surface area contributed by atoms with E-state index in [1.165, 1.54) is 41.7 Å². The van der Waals surface area contributed by atoms with E-state index in [1.807, 2.05) is 0 Å². The molecule has 3 rings (SSSR count). The molecule has 0 atom stereocenters. The topological polar surface area (TPSA) is 85.1 Å². The summed E-state index contributed by atoms with van der Waals surface area (Å²) >= 11 is 1.25. The van der Waals surface area contributed by atoms with Crippen molar-refractivity contribution in [2.24, 2.45) is 0 Å². The van der Waals surface area contributed by atoms with Crippen LogP contribution in [0.3, 0.4) is 0 Å². The summed E-state index contributed by atoms with van der Waals surface area (Å²) in [4.78, 5) is 27.6. The second kappa shape index (κ2) is 7.40. The molecule has 1 N–H and O–H groups in total. The van der Waals surface area contributed by atoms with Gasteiger partial charge in [-0.05, 0) is 30.7 Å². The van der Waals surface area contributed by atoms with Crippen LogP contribution in [0.2, 0.25) is 0 Å². The minimum Gasteiger partial charge on any atom is -0.321 e. The van der Waals surface area contributed by atoms with Gasteiger partial charge in [-0.15, -0.1) is 11.3 Å². The first kappa shape index (κ1) is 17.7. The molecule has 6 nitrogen and oxygen atoms in total. The summed E-state index contributed by atoms with van der Waals surface area (Å²) in [6.07, 6.45) is 0.496. The molecule has 1 amide bonds. The monoisotopic (exact) mass is 371 g/mol. The first-order chi connectivity index (χ1) is 12.4. The number of rotatable bonds is 5. The van der Waals surface area contributed by atoms with E-state index in [1.54, 1.807) is 25.1 Å². The van der Waals surface area contributed by atoms with E-state index < -0.39 is 4.92 Å². The van der Waals surface area contributed by atoms with Crippen molar-refractivity contribution < 1.29 is 14.1 Å². The molecule has 0 fully saturated rings. The highest BCUT2D eigenvalue weighted by molar-refractivity contribution is 7.14. The lowest BCUT2D eigenvalue weighted by Gasteiger charge is -2.03. The number of non-ortho nitro benzene ring substituents is 1. The van der Waals surface area contributed by atoms with Crippen LogP contribution in [0.25, 0.3) is 0 Å². The number of anilines is 1. The van der Waals surface area contributed by atoms with Crippen LogP contribution >= 0.6 is 11.3 Å². The van der Waals surface area contributed by atoms with Crippen LogP contribution in [0.4, 0.5) is 15.8 Å². The molecule has 0 unspecified atom stereocenters. The van der Waals surface area contributed by atoms with E-state index in [-0.39, 0.29) is 17.4 Å². The van der Waals surface area contributed by atoms with Crippen molar-refractivity contribution in [3.05, 3.63) is 85.6 Å². The van der Waals surface area contributed by atoms with Crippen LogP contribution in [-0.4, -0.2) is 15.8 Å². The van der Waals surface area contributed by atoms with Crippen molar-refractivity contribution >= 4 is 28.6 Å². The molecule has 26 heavy (non-hydrogen) atoms. The Morgan fingerprint density at radius 1 is 1.27 bits per heavy atom. The van der Waals surface area contributed by atoms with E-state index >= 15 is 0 Å². The van der Waals surface area contributed by atoms with Crippen LogP contribution in [-0.2, 0) is 6.42 Å². The largest absolute Gasteiger partial charge is 0.321 e. The fourth-order valence-electron chi connectivity index (χ4n) is 2.40. The number of aromatic nitrogens is 1. The zero-order valence-electron chi connectivity index (χ0n) is 13.7. The number of hydrogen-bond acceptors (Lipinski definition) is 5. The molecule has 1 heterocycles. The van der Waals surface area contributed by atoms with E-state index in [4.69, 9.17) is 0 Å².